The van der Waals surface area contributed by atoms with Gasteiger partial charge in [0.25, 0.3) is 0 Å². The molecule has 3 nitrogen and oxygen atoms in total. The van der Waals surface area contributed by atoms with Crippen molar-refractivity contribution < 1.29 is 0 Å². The lowest BCUT2D eigenvalue weighted by Gasteiger charge is -2.49. The van der Waals surface area contributed by atoms with Gasteiger partial charge in [-0.1, -0.05) is 0 Å². The monoisotopic (exact) mass is 246 g/mol. The van der Waals surface area contributed by atoms with Gasteiger partial charge in [-0.15, -0.1) is 0 Å². The number of hydrogen-bond acceptors (Lipinski definition) is 2. The Labute approximate surface area is 108 Å². The molecule has 1 saturated carbocycles. The van der Waals surface area contributed by atoms with E-state index in [4.69, 9.17) is 0 Å². The third kappa shape index (κ3) is 1.91. The summed E-state index contributed by atoms with van der Waals surface area (Å²) in [5, 5.41) is 3.71. The number of aryl methyl sites for hydroxylation is 2. The molecule has 0 aromatic carbocycles. The molecule has 2 heterocycles. The molecular formula is C15H22N2O. The van der Waals surface area contributed by atoms with Crippen LogP contribution >= 0.6 is 0 Å². The Balaban J connectivity index is 1.92. The minimum Gasteiger partial charge on any atom is -0.346 e. The maximum atomic E-state index is 11.5. The molecule has 2 fully saturated rings. The average molecular weight is 246 g/mol. The van der Waals surface area contributed by atoms with E-state index in [0.717, 1.165) is 17.9 Å². The normalized spacial score (nSPS) is 26.0. The third-order valence-electron chi connectivity index (χ3n) is 4.74. The molecule has 1 aromatic heterocycles. The van der Waals surface area contributed by atoms with E-state index >= 15 is 0 Å². The summed E-state index contributed by atoms with van der Waals surface area (Å²) < 4.78 is 2.38. The largest absolute Gasteiger partial charge is 0.346 e. The molecule has 0 bridgehead atoms. The maximum absolute atomic E-state index is 11.5. The van der Waals surface area contributed by atoms with Crippen LogP contribution in [-0.2, 0) is 0 Å². The van der Waals surface area contributed by atoms with Crippen molar-refractivity contribution in [3.8, 4) is 0 Å². The SMILES string of the molecule is Cc1cc(=O)cc(C)n1C1CCNC2(CCC2)C1. The van der Waals surface area contributed by atoms with E-state index in [2.05, 4.69) is 23.7 Å². The van der Waals surface area contributed by atoms with Crippen molar-refractivity contribution in [2.75, 3.05) is 6.54 Å². The third-order valence-corrected chi connectivity index (χ3v) is 4.74. The summed E-state index contributed by atoms with van der Waals surface area (Å²) >= 11 is 0. The number of rotatable bonds is 1. The lowest BCUT2D eigenvalue weighted by molar-refractivity contribution is 0.108. The van der Waals surface area contributed by atoms with Gasteiger partial charge in [0.15, 0.2) is 5.43 Å². The molecule has 1 atom stereocenters. The zero-order valence-corrected chi connectivity index (χ0v) is 11.3. The van der Waals surface area contributed by atoms with Crippen LogP contribution in [0.25, 0.3) is 0 Å². The Kier molecular flexibility index (Phi) is 2.81. The summed E-state index contributed by atoms with van der Waals surface area (Å²) in [6.07, 6.45) is 6.40. The minimum absolute atomic E-state index is 0.133. The first-order chi connectivity index (χ1) is 8.60. The summed E-state index contributed by atoms with van der Waals surface area (Å²) in [4.78, 5) is 11.5. The van der Waals surface area contributed by atoms with Crippen molar-refractivity contribution in [2.45, 2.75) is 57.5 Å². The quantitative estimate of drug-likeness (QED) is 0.825. The van der Waals surface area contributed by atoms with Crippen LogP contribution < -0.4 is 10.7 Å². The van der Waals surface area contributed by atoms with Gasteiger partial charge in [-0.05, 0) is 52.5 Å². The predicted octanol–water partition coefficient (Wildman–Crippen LogP) is 2.31. The Bertz CT molecular complexity index is 487. The van der Waals surface area contributed by atoms with Gasteiger partial charge in [-0.3, -0.25) is 4.79 Å². The Morgan fingerprint density at radius 1 is 1.28 bits per heavy atom. The highest BCUT2D eigenvalue weighted by atomic mass is 16.1. The Hall–Kier alpha value is -1.09. The van der Waals surface area contributed by atoms with E-state index in [0.29, 0.717) is 11.6 Å². The van der Waals surface area contributed by atoms with Gasteiger partial charge in [0.2, 0.25) is 0 Å². The van der Waals surface area contributed by atoms with E-state index in [1.165, 1.54) is 32.1 Å². The second kappa shape index (κ2) is 4.23. The molecule has 98 valence electrons. The van der Waals surface area contributed by atoms with Crippen LogP contribution in [0.5, 0.6) is 0 Å². The first-order valence-corrected chi connectivity index (χ1v) is 7.04. The molecule has 1 unspecified atom stereocenters. The van der Waals surface area contributed by atoms with Crippen LogP contribution in [-0.4, -0.2) is 16.7 Å². The van der Waals surface area contributed by atoms with E-state index in [1.54, 1.807) is 12.1 Å². The lowest BCUT2D eigenvalue weighted by Crippen LogP contribution is -2.56. The lowest BCUT2D eigenvalue weighted by atomic mass is 9.70. The first-order valence-electron chi connectivity index (χ1n) is 7.04. The van der Waals surface area contributed by atoms with Gasteiger partial charge < -0.3 is 9.88 Å². The zero-order valence-electron chi connectivity index (χ0n) is 11.3. The highest BCUT2D eigenvalue weighted by Crippen LogP contribution is 2.42. The number of nitrogens with one attached hydrogen (secondary N) is 1. The van der Waals surface area contributed by atoms with Crippen molar-refractivity contribution in [1.82, 2.24) is 9.88 Å². The van der Waals surface area contributed by atoms with Crippen LogP contribution in [0, 0.1) is 13.8 Å². The van der Waals surface area contributed by atoms with Gasteiger partial charge >= 0.3 is 0 Å². The molecule has 0 radical (unpaired) electrons. The molecule has 1 aliphatic carbocycles. The second-order valence-corrected chi connectivity index (χ2v) is 6.05. The highest BCUT2D eigenvalue weighted by Gasteiger charge is 2.41. The van der Waals surface area contributed by atoms with Crippen LogP contribution in [0.2, 0.25) is 0 Å². The van der Waals surface area contributed by atoms with Crippen molar-refractivity contribution >= 4 is 0 Å². The molecule has 1 N–H and O–H groups in total. The second-order valence-electron chi connectivity index (χ2n) is 6.05. The van der Waals surface area contributed by atoms with Gasteiger partial charge in [-0.2, -0.15) is 0 Å². The molecule has 2 aliphatic rings. The standard InChI is InChI=1S/C15H22N2O/c1-11-8-14(18)9-12(2)17(11)13-4-7-16-15(10-13)5-3-6-15/h8-9,13,16H,3-7,10H2,1-2H3. The van der Waals surface area contributed by atoms with Crippen molar-refractivity contribution in [3.63, 3.8) is 0 Å². The minimum atomic E-state index is 0.133. The van der Waals surface area contributed by atoms with E-state index in [-0.39, 0.29) is 5.43 Å². The predicted molar refractivity (Wildman–Crippen MR) is 73.0 cm³/mol. The molecule has 3 heteroatoms. The fourth-order valence-corrected chi connectivity index (χ4v) is 3.78. The smallest absolute Gasteiger partial charge is 0.182 e. The molecule has 1 aliphatic heterocycles. The maximum Gasteiger partial charge on any atom is 0.182 e. The highest BCUT2D eigenvalue weighted by molar-refractivity contribution is 5.15. The number of hydrogen-bond donors (Lipinski definition) is 1. The molecule has 1 saturated heterocycles. The molecular weight excluding hydrogens is 224 g/mol. The Morgan fingerprint density at radius 3 is 2.50 bits per heavy atom. The summed E-state index contributed by atoms with van der Waals surface area (Å²) in [5.41, 5.74) is 2.77. The van der Waals surface area contributed by atoms with Gasteiger partial charge in [0.1, 0.15) is 0 Å². The molecule has 18 heavy (non-hydrogen) atoms. The summed E-state index contributed by atoms with van der Waals surface area (Å²) in [7, 11) is 0. The fourth-order valence-electron chi connectivity index (χ4n) is 3.78. The molecule has 3 rings (SSSR count). The molecule has 0 amide bonds. The van der Waals surface area contributed by atoms with Crippen molar-refractivity contribution in [3.05, 3.63) is 33.7 Å². The van der Waals surface area contributed by atoms with Crippen molar-refractivity contribution in [1.29, 1.82) is 0 Å². The van der Waals surface area contributed by atoms with E-state index in [9.17, 15) is 4.79 Å². The van der Waals surface area contributed by atoms with E-state index < -0.39 is 0 Å². The zero-order chi connectivity index (χ0) is 12.8. The van der Waals surface area contributed by atoms with Gasteiger partial charge in [0.05, 0.1) is 0 Å². The number of piperidine rings is 1. The van der Waals surface area contributed by atoms with Gasteiger partial charge in [0, 0.05) is 35.1 Å². The molecule has 1 aromatic rings. The topological polar surface area (TPSA) is 34.0 Å². The Morgan fingerprint density at radius 2 is 1.94 bits per heavy atom. The van der Waals surface area contributed by atoms with Crippen molar-refractivity contribution in [2.24, 2.45) is 0 Å². The first kappa shape index (κ1) is 12.0. The fraction of sp³-hybridized carbons (Fsp3) is 0.667. The molecule has 1 spiro atoms. The van der Waals surface area contributed by atoms with Crippen LogP contribution in [0.15, 0.2) is 16.9 Å². The van der Waals surface area contributed by atoms with Crippen LogP contribution in [0.4, 0.5) is 0 Å². The summed E-state index contributed by atoms with van der Waals surface area (Å²) in [5.74, 6) is 0. The summed E-state index contributed by atoms with van der Waals surface area (Å²) in [6, 6.07) is 4.09. The number of pyridine rings is 1. The number of nitrogens with zero attached hydrogens (tertiary/aromatic N) is 1. The average Bonchev–Trinajstić information content (AvgIpc) is 2.26. The number of aromatic nitrogens is 1. The summed E-state index contributed by atoms with van der Waals surface area (Å²) in [6.45, 7) is 5.23. The van der Waals surface area contributed by atoms with E-state index in [1.807, 2.05) is 0 Å². The van der Waals surface area contributed by atoms with Crippen LogP contribution in [0.1, 0.15) is 49.5 Å². The van der Waals surface area contributed by atoms with Gasteiger partial charge in [-0.25, -0.2) is 0 Å². The van der Waals surface area contributed by atoms with Crippen LogP contribution in [0.3, 0.4) is 0 Å².